The van der Waals surface area contributed by atoms with Crippen molar-refractivity contribution < 1.29 is 23.5 Å². The van der Waals surface area contributed by atoms with Crippen LogP contribution in [0.2, 0.25) is 5.02 Å². The monoisotopic (exact) mass is 551 g/mol. The molecule has 1 amide bonds. The normalized spacial score (nSPS) is 20.8. The fourth-order valence-electron chi connectivity index (χ4n) is 4.92. The zero-order valence-electron chi connectivity index (χ0n) is 21.0. The summed E-state index contributed by atoms with van der Waals surface area (Å²) in [4.78, 5) is 35.2. The standard InChI is InChI=1S/C28H27ClFN5O4/c29-20-9-18(5-6-21(20)30)33-28-19-10-23(24(38-14-16-3-4-16)11-22(19)31-15-32-28)34-26(36)2-1-7-35-12-17-8-27(37)39-25(17)13-35/h1-2,5-6,9-11,15-17,25H,3-4,7-8,12-14H2,(H,34,36)(H,31,32,33). The summed E-state index contributed by atoms with van der Waals surface area (Å²) in [5.74, 6) is 0.825. The first kappa shape index (κ1) is 25.5. The lowest BCUT2D eigenvalue weighted by Crippen LogP contribution is -2.24. The first-order valence-electron chi connectivity index (χ1n) is 12.9. The molecule has 2 atom stereocenters. The molecule has 0 spiro atoms. The summed E-state index contributed by atoms with van der Waals surface area (Å²) >= 11 is 5.94. The summed E-state index contributed by atoms with van der Waals surface area (Å²) in [5.41, 5.74) is 1.68. The third-order valence-corrected chi connectivity index (χ3v) is 7.44. The average Bonchev–Trinajstić information content (AvgIpc) is 3.57. The zero-order valence-corrected chi connectivity index (χ0v) is 21.8. The highest BCUT2D eigenvalue weighted by molar-refractivity contribution is 6.31. The Balaban J connectivity index is 1.19. The van der Waals surface area contributed by atoms with Crippen LogP contribution in [0.3, 0.4) is 0 Å². The molecule has 2 N–H and O–H groups in total. The molecule has 1 saturated carbocycles. The Morgan fingerprint density at radius 1 is 1.23 bits per heavy atom. The van der Waals surface area contributed by atoms with E-state index >= 15 is 0 Å². The van der Waals surface area contributed by atoms with Crippen molar-refractivity contribution in [2.75, 3.05) is 36.9 Å². The zero-order chi connectivity index (χ0) is 26.9. The summed E-state index contributed by atoms with van der Waals surface area (Å²) in [7, 11) is 0. The predicted octanol–water partition coefficient (Wildman–Crippen LogP) is 4.70. The van der Waals surface area contributed by atoms with Crippen LogP contribution in [0, 0.1) is 17.7 Å². The Morgan fingerprint density at radius 3 is 2.90 bits per heavy atom. The number of benzene rings is 2. The minimum Gasteiger partial charge on any atom is -0.491 e. The van der Waals surface area contributed by atoms with Gasteiger partial charge in [-0.3, -0.25) is 14.5 Å². The van der Waals surface area contributed by atoms with Crippen LogP contribution in [0.25, 0.3) is 10.9 Å². The number of carbonyl (C=O) groups is 2. The fraction of sp³-hybridized carbons (Fsp3) is 0.357. The highest BCUT2D eigenvalue weighted by atomic mass is 35.5. The number of aromatic nitrogens is 2. The van der Waals surface area contributed by atoms with Crippen LogP contribution in [-0.2, 0) is 14.3 Å². The van der Waals surface area contributed by atoms with Crippen LogP contribution in [0.15, 0.2) is 48.8 Å². The van der Waals surface area contributed by atoms with Crippen molar-refractivity contribution in [1.29, 1.82) is 0 Å². The number of hydrogen-bond acceptors (Lipinski definition) is 8. The number of anilines is 3. The van der Waals surface area contributed by atoms with Gasteiger partial charge in [-0.1, -0.05) is 17.7 Å². The van der Waals surface area contributed by atoms with Crippen molar-refractivity contribution in [2.24, 2.45) is 11.8 Å². The minimum atomic E-state index is -0.513. The lowest BCUT2D eigenvalue weighted by atomic mass is 10.1. The number of rotatable bonds is 9. The Kier molecular flexibility index (Phi) is 7.05. The maximum absolute atomic E-state index is 13.6. The molecule has 2 aliphatic heterocycles. The molecule has 2 saturated heterocycles. The van der Waals surface area contributed by atoms with E-state index in [0.29, 0.717) is 65.9 Å². The largest absolute Gasteiger partial charge is 0.491 e. The molecule has 1 aliphatic carbocycles. The SMILES string of the molecule is O=C(C=CCN1CC2CC(=O)OC2C1)Nc1cc2c(Nc3ccc(F)c(Cl)c3)ncnc2cc1OCC1CC1. The smallest absolute Gasteiger partial charge is 0.306 e. The number of fused-ring (bicyclic) bond motifs is 2. The van der Waals surface area contributed by atoms with Gasteiger partial charge in [0.25, 0.3) is 0 Å². The van der Waals surface area contributed by atoms with Gasteiger partial charge in [-0.05, 0) is 43.0 Å². The average molecular weight is 552 g/mol. The Hall–Kier alpha value is -3.76. The number of ether oxygens (including phenoxy) is 2. The Labute approximate surface area is 229 Å². The van der Waals surface area contributed by atoms with Gasteiger partial charge in [-0.25, -0.2) is 14.4 Å². The highest BCUT2D eigenvalue weighted by Crippen LogP contribution is 2.36. The fourth-order valence-corrected chi connectivity index (χ4v) is 5.10. The third-order valence-electron chi connectivity index (χ3n) is 7.15. The van der Waals surface area contributed by atoms with Gasteiger partial charge in [0.15, 0.2) is 0 Å². The predicted molar refractivity (Wildman–Crippen MR) is 145 cm³/mol. The number of esters is 1. The van der Waals surface area contributed by atoms with Gasteiger partial charge < -0.3 is 20.1 Å². The van der Waals surface area contributed by atoms with Crippen molar-refractivity contribution in [3.8, 4) is 5.75 Å². The van der Waals surface area contributed by atoms with E-state index in [1.54, 1.807) is 24.3 Å². The maximum atomic E-state index is 13.6. The molecule has 1 aromatic heterocycles. The number of likely N-dealkylation sites (tertiary alicyclic amines) is 1. The van der Waals surface area contributed by atoms with Crippen molar-refractivity contribution >= 4 is 51.6 Å². The maximum Gasteiger partial charge on any atom is 0.306 e. The first-order valence-corrected chi connectivity index (χ1v) is 13.3. The van der Waals surface area contributed by atoms with Gasteiger partial charge in [0, 0.05) is 48.8 Å². The number of amides is 1. The molecule has 6 rings (SSSR count). The molecule has 3 aromatic rings. The highest BCUT2D eigenvalue weighted by Gasteiger charge is 2.41. The number of carbonyl (C=O) groups excluding carboxylic acids is 2. The van der Waals surface area contributed by atoms with Crippen LogP contribution < -0.4 is 15.4 Å². The third kappa shape index (κ3) is 5.97. The number of nitrogens with one attached hydrogen (secondary N) is 2. The topological polar surface area (TPSA) is 106 Å². The molecule has 202 valence electrons. The molecule has 9 nitrogen and oxygen atoms in total. The van der Waals surface area contributed by atoms with Gasteiger partial charge in [-0.15, -0.1) is 0 Å². The van der Waals surface area contributed by atoms with Gasteiger partial charge >= 0.3 is 5.97 Å². The van der Waals surface area contributed by atoms with Crippen molar-refractivity contribution in [3.05, 3.63) is 59.7 Å². The van der Waals surface area contributed by atoms with E-state index in [1.807, 2.05) is 0 Å². The van der Waals surface area contributed by atoms with E-state index in [9.17, 15) is 14.0 Å². The number of nitrogens with zero attached hydrogens (tertiary/aromatic N) is 3. The molecule has 39 heavy (non-hydrogen) atoms. The van der Waals surface area contributed by atoms with Crippen LogP contribution in [0.5, 0.6) is 5.75 Å². The summed E-state index contributed by atoms with van der Waals surface area (Å²) in [6.45, 7) is 2.61. The molecular weight excluding hydrogens is 525 g/mol. The molecule has 2 unspecified atom stereocenters. The molecule has 3 fully saturated rings. The number of hydrogen-bond donors (Lipinski definition) is 2. The molecule has 2 aromatic carbocycles. The second-order valence-electron chi connectivity index (χ2n) is 10.2. The molecular formula is C28H27ClFN5O4. The molecule has 11 heteroatoms. The molecule has 0 radical (unpaired) electrons. The van der Waals surface area contributed by atoms with Gasteiger partial charge in [0.05, 0.1) is 29.3 Å². The van der Waals surface area contributed by atoms with Crippen molar-refractivity contribution in [3.63, 3.8) is 0 Å². The van der Waals surface area contributed by atoms with Crippen LogP contribution in [-0.4, -0.2) is 59.1 Å². The van der Waals surface area contributed by atoms with E-state index < -0.39 is 5.82 Å². The first-order chi connectivity index (χ1) is 18.9. The molecule has 3 heterocycles. The van der Waals surface area contributed by atoms with Crippen LogP contribution >= 0.6 is 11.6 Å². The second-order valence-corrected chi connectivity index (χ2v) is 10.6. The van der Waals surface area contributed by atoms with Crippen molar-refractivity contribution in [2.45, 2.75) is 25.4 Å². The Bertz CT molecular complexity index is 1450. The van der Waals surface area contributed by atoms with Gasteiger partial charge in [0.1, 0.15) is 29.8 Å². The Morgan fingerprint density at radius 2 is 2.10 bits per heavy atom. The summed E-state index contributed by atoms with van der Waals surface area (Å²) < 4.78 is 25.0. The quantitative estimate of drug-likeness (QED) is 0.291. The van der Waals surface area contributed by atoms with Crippen LogP contribution in [0.1, 0.15) is 19.3 Å². The van der Waals surface area contributed by atoms with Gasteiger partial charge in [-0.2, -0.15) is 0 Å². The van der Waals surface area contributed by atoms with E-state index in [4.69, 9.17) is 21.1 Å². The summed E-state index contributed by atoms with van der Waals surface area (Å²) in [5, 5.41) is 6.73. The number of halogens is 2. The van der Waals surface area contributed by atoms with Gasteiger partial charge in [0.2, 0.25) is 5.91 Å². The minimum absolute atomic E-state index is 0.00739. The lowest BCUT2D eigenvalue weighted by molar-refractivity contribution is -0.141. The van der Waals surface area contributed by atoms with Crippen molar-refractivity contribution in [1.82, 2.24) is 14.9 Å². The second kappa shape index (κ2) is 10.8. The molecule has 3 aliphatic rings. The molecule has 0 bridgehead atoms. The van der Waals surface area contributed by atoms with E-state index in [1.165, 1.54) is 24.5 Å². The van der Waals surface area contributed by atoms with E-state index in [2.05, 4.69) is 25.5 Å². The van der Waals surface area contributed by atoms with E-state index in [0.717, 1.165) is 19.4 Å². The summed E-state index contributed by atoms with van der Waals surface area (Å²) in [6, 6.07) is 7.87. The van der Waals surface area contributed by atoms with E-state index in [-0.39, 0.29) is 28.9 Å². The lowest BCUT2D eigenvalue weighted by Gasteiger charge is -2.15. The summed E-state index contributed by atoms with van der Waals surface area (Å²) in [6.07, 6.45) is 7.41. The van der Waals surface area contributed by atoms with Crippen LogP contribution in [0.4, 0.5) is 21.6 Å².